The number of nitrogens with one attached hydrogen (secondary N) is 1. The molecule has 0 radical (unpaired) electrons. The number of benzene rings is 2. The lowest BCUT2D eigenvalue weighted by molar-refractivity contribution is -0.116. The molecule has 2 rings (SSSR count). The molecule has 0 heterocycles. The van der Waals surface area contributed by atoms with E-state index in [1.807, 2.05) is 32.0 Å². The number of anilines is 2. The molecule has 2 aromatic carbocycles. The Hall–Kier alpha value is -2.41. The molecular weight excluding hydrogens is 343 g/mol. The lowest BCUT2D eigenvalue weighted by Gasteiger charge is -2.28. The van der Waals surface area contributed by atoms with Gasteiger partial charge in [-0.05, 0) is 62.2 Å². The van der Waals surface area contributed by atoms with Gasteiger partial charge in [-0.1, -0.05) is 12.1 Å². The molecule has 0 aromatic heterocycles. The van der Waals surface area contributed by atoms with Crippen LogP contribution in [0, 0.1) is 19.7 Å². The van der Waals surface area contributed by atoms with Gasteiger partial charge in [0.1, 0.15) is 11.9 Å². The monoisotopic (exact) mass is 364 g/mol. The first-order chi connectivity index (χ1) is 11.6. The molecule has 0 aliphatic rings. The highest BCUT2D eigenvalue weighted by molar-refractivity contribution is 7.92. The van der Waals surface area contributed by atoms with Crippen LogP contribution in [0.15, 0.2) is 42.5 Å². The minimum Gasteiger partial charge on any atom is -0.324 e. The number of carbonyl (C=O) groups is 1. The van der Waals surface area contributed by atoms with E-state index in [4.69, 9.17) is 0 Å². The molecule has 1 amide bonds. The highest BCUT2D eigenvalue weighted by Gasteiger charge is 2.29. The molecule has 0 aliphatic carbocycles. The first kappa shape index (κ1) is 18.9. The summed E-state index contributed by atoms with van der Waals surface area (Å²) in [5.74, 6) is -0.951. The molecule has 0 aliphatic heterocycles. The highest BCUT2D eigenvalue weighted by Crippen LogP contribution is 2.23. The Morgan fingerprint density at radius 1 is 1.12 bits per heavy atom. The maximum Gasteiger partial charge on any atom is 0.248 e. The fraction of sp³-hybridized carbons (Fsp3) is 0.278. The predicted molar refractivity (Wildman–Crippen MR) is 97.7 cm³/mol. The minimum atomic E-state index is -3.74. The van der Waals surface area contributed by atoms with Crippen molar-refractivity contribution in [3.63, 3.8) is 0 Å². The molecule has 0 saturated carbocycles. The smallest absolute Gasteiger partial charge is 0.248 e. The second kappa shape index (κ2) is 7.23. The van der Waals surface area contributed by atoms with Crippen LogP contribution in [0.5, 0.6) is 0 Å². The Bertz CT molecular complexity index is 880. The maximum atomic E-state index is 13.1. The van der Waals surface area contributed by atoms with Gasteiger partial charge in [0.05, 0.1) is 11.9 Å². The van der Waals surface area contributed by atoms with Crippen molar-refractivity contribution in [2.75, 3.05) is 15.9 Å². The zero-order valence-electron chi connectivity index (χ0n) is 14.6. The van der Waals surface area contributed by atoms with Gasteiger partial charge in [0, 0.05) is 5.69 Å². The van der Waals surface area contributed by atoms with Crippen LogP contribution in [0.4, 0.5) is 15.8 Å². The van der Waals surface area contributed by atoms with E-state index in [1.54, 1.807) is 0 Å². The number of nitrogens with zero attached hydrogens (tertiary/aromatic N) is 1. The Kier molecular flexibility index (Phi) is 5.47. The first-order valence-electron chi connectivity index (χ1n) is 7.72. The van der Waals surface area contributed by atoms with Gasteiger partial charge in [0.15, 0.2) is 0 Å². The molecule has 1 N–H and O–H groups in total. The summed E-state index contributed by atoms with van der Waals surface area (Å²) in [6.45, 7) is 5.25. The van der Waals surface area contributed by atoms with E-state index >= 15 is 0 Å². The van der Waals surface area contributed by atoms with Gasteiger partial charge in [0.2, 0.25) is 15.9 Å². The molecule has 0 bridgehead atoms. The molecular formula is C18H21FN2O3S. The summed E-state index contributed by atoms with van der Waals surface area (Å²) in [6, 6.07) is 9.60. The number of halogens is 1. The second-order valence-corrected chi connectivity index (χ2v) is 7.88. The Morgan fingerprint density at radius 2 is 1.72 bits per heavy atom. The molecule has 0 spiro atoms. The van der Waals surface area contributed by atoms with Crippen LogP contribution in [0.2, 0.25) is 0 Å². The third kappa shape index (κ3) is 4.57. The molecule has 5 nitrogen and oxygen atoms in total. The van der Waals surface area contributed by atoms with Crippen LogP contribution in [0.3, 0.4) is 0 Å². The third-order valence-corrected chi connectivity index (χ3v) is 5.06. The Labute approximate surface area is 147 Å². The fourth-order valence-corrected chi connectivity index (χ4v) is 3.68. The fourth-order valence-electron chi connectivity index (χ4n) is 2.50. The zero-order valence-corrected chi connectivity index (χ0v) is 15.4. The van der Waals surface area contributed by atoms with Crippen LogP contribution in [0.25, 0.3) is 0 Å². The summed E-state index contributed by atoms with van der Waals surface area (Å²) in [5.41, 5.74) is 2.71. The van der Waals surface area contributed by atoms with Crippen molar-refractivity contribution in [1.82, 2.24) is 0 Å². The minimum absolute atomic E-state index is 0.229. The van der Waals surface area contributed by atoms with Crippen LogP contribution in [-0.4, -0.2) is 26.6 Å². The van der Waals surface area contributed by atoms with Crippen molar-refractivity contribution >= 4 is 27.3 Å². The van der Waals surface area contributed by atoms with Gasteiger partial charge in [-0.15, -0.1) is 0 Å². The lowest BCUT2D eigenvalue weighted by Crippen LogP contribution is -2.45. The van der Waals surface area contributed by atoms with E-state index in [9.17, 15) is 17.6 Å². The summed E-state index contributed by atoms with van der Waals surface area (Å²) in [4.78, 5) is 12.6. The summed E-state index contributed by atoms with van der Waals surface area (Å²) >= 11 is 0. The van der Waals surface area contributed by atoms with Crippen molar-refractivity contribution in [3.05, 3.63) is 59.4 Å². The van der Waals surface area contributed by atoms with Crippen molar-refractivity contribution in [2.24, 2.45) is 0 Å². The Balaban J connectivity index is 2.33. The van der Waals surface area contributed by atoms with E-state index in [0.29, 0.717) is 5.69 Å². The van der Waals surface area contributed by atoms with E-state index in [0.717, 1.165) is 33.8 Å². The Morgan fingerprint density at radius 3 is 2.28 bits per heavy atom. The molecule has 0 fully saturated rings. The van der Waals surface area contributed by atoms with E-state index < -0.39 is 27.8 Å². The van der Waals surface area contributed by atoms with E-state index in [2.05, 4.69) is 5.32 Å². The summed E-state index contributed by atoms with van der Waals surface area (Å²) in [6.07, 6.45) is 1.01. The van der Waals surface area contributed by atoms with Crippen molar-refractivity contribution in [3.8, 4) is 0 Å². The molecule has 2 aromatic rings. The van der Waals surface area contributed by atoms with Crippen molar-refractivity contribution in [1.29, 1.82) is 0 Å². The summed E-state index contributed by atoms with van der Waals surface area (Å²) < 4.78 is 38.5. The molecule has 134 valence electrons. The molecule has 7 heteroatoms. The van der Waals surface area contributed by atoms with Crippen molar-refractivity contribution in [2.45, 2.75) is 26.8 Å². The van der Waals surface area contributed by atoms with E-state index in [-0.39, 0.29) is 5.69 Å². The average Bonchev–Trinajstić information content (AvgIpc) is 2.51. The zero-order chi connectivity index (χ0) is 18.8. The third-order valence-electron chi connectivity index (χ3n) is 3.82. The lowest BCUT2D eigenvalue weighted by atomic mass is 10.1. The van der Waals surface area contributed by atoms with Crippen LogP contribution >= 0.6 is 0 Å². The molecule has 0 unspecified atom stereocenters. The normalized spacial score (nSPS) is 12.5. The summed E-state index contributed by atoms with van der Waals surface area (Å²) in [7, 11) is -3.74. The number of hydrogen-bond donors (Lipinski definition) is 1. The SMILES string of the molecule is Cc1ccc(C)c(NC(=O)[C@H](C)N(c2ccc(F)cc2)S(C)(=O)=O)c1. The number of amides is 1. The van der Waals surface area contributed by atoms with Gasteiger partial charge in [-0.3, -0.25) is 9.10 Å². The second-order valence-electron chi connectivity index (χ2n) is 6.02. The quantitative estimate of drug-likeness (QED) is 0.886. The van der Waals surface area contributed by atoms with Crippen LogP contribution in [0.1, 0.15) is 18.1 Å². The van der Waals surface area contributed by atoms with Gasteiger partial charge in [0.25, 0.3) is 0 Å². The number of hydrogen-bond acceptors (Lipinski definition) is 3. The van der Waals surface area contributed by atoms with Crippen LogP contribution in [-0.2, 0) is 14.8 Å². The number of carbonyl (C=O) groups excluding carboxylic acids is 1. The highest BCUT2D eigenvalue weighted by atomic mass is 32.2. The van der Waals surface area contributed by atoms with Gasteiger partial charge in [-0.25, -0.2) is 12.8 Å². The number of sulfonamides is 1. The topological polar surface area (TPSA) is 66.5 Å². The van der Waals surface area contributed by atoms with Gasteiger partial charge in [-0.2, -0.15) is 0 Å². The van der Waals surface area contributed by atoms with Crippen LogP contribution < -0.4 is 9.62 Å². The van der Waals surface area contributed by atoms with Gasteiger partial charge < -0.3 is 5.32 Å². The number of aryl methyl sites for hydroxylation is 2. The standard InChI is InChI=1S/C18H21FN2O3S/c1-12-5-6-13(2)17(11-12)20-18(22)14(3)21(25(4,23)24)16-9-7-15(19)8-10-16/h5-11,14H,1-4H3,(H,20,22)/t14-/m0/s1. The van der Waals surface area contributed by atoms with E-state index in [1.165, 1.54) is 19.1 Å². The number of rotatable bonds is 5. The van der Waals surface area contributed by atoms with Crippen molar-refractivity contribution < 1.29 is 17.6 Å². The first-order valence-corrected chi connectivity index (χ1v) is 9.57. The maximum absolute atomic E-state index is 13.1. The molecule has 25 heavy (non-hydrogen) atoms. The van der Waals surface area contributed by atoms with Gasteiger partial charge >= 0.3 is 0 Å². The molecule has 1 atom stereocenters. The largest absolute Gasteiger partial charge is 0.324 e. The average molecular weight is 364 g/mol. The predicted octanol–water partition coefficient (Wildman–Crippen LogP) is 3.24. The molecule has 0 saturated heterocycles. The summed E-state index contributed by atoms with van der Waals surface area (Å²) in [5, 5.41) is 2.77.